The fourth-order valence-corrected chi connectivity index (χ4v) is 0.981. The Labute approximate surface area is 92.9 Å². The van der Waals surface area contributed by atoms with Gasteiger partial charge in [-0.1, -0.05) is 6.07 Å². The van der Waals surface area contributed by atoms with Crippen molar-refractivity contribution < 1.29 is 14.3 Å². The monoisotopic (exact) mass is 234 g/mol. The van der Waals surface area contributed by atoms with Crippen LogP contribution < -0.4 is 10.6 Å². The van der Waals surface area contributed by atoms with Gasteiger partial charge in [0.2, 0.25) is 5.91 Å². The number of anilines is 1. The Bertz CT molecular complexity index is 327. The van der Waals surface area contributed by atoms with Crippen LogP contribution in [0.1, 0.15) is 0 Å². The Balaban J connectivity index is 0.00000196. The predicted molar refractivity (Wildman–Crippen MR) is 57.9 cm³/mol. The normalized spacial score (nSPS) is 9.20. The van der Waals surface area contributed by atoms with E-state index in [1.165, 1.54) is 12.1 Å². The van der Waals surface area contributed by atoms with Crippen LogP contribution in [-0.2, 0) is 4.79 Å². The van der Waals surface area contributed by atoms with Crippen molar-refractivity contribution in [3.63, 3.8) is 0 Å². The molecule has 1 aromatic rings. The second kappa shape index (κ2) is 6.21. The van der Waals surface area contributed by atoms with E-state index in [0.29, 0.717) is 0 Å². The summed E-state index contributed by atoms with van der Waals surface area (Å²) in [6.45, 7) is 0.0633. The molecule has 0 aliphatic carbocycles. The van der Waals surface area contributed by atoms with Crippen LogP contribution in [0.4, 0.5) is 10.1 Å². The number of carbonyl (C=O) groups is 1. The summed E-state index contributed by atoms with van der Waals surface area (Å²) in [4.78, 5) is 11.1. The average Bonchev–Trinajstić information content (AvgIpc) is 2.12. The summed E-state index contributed by atoms with van der Waals surface area (Å²) < 4.78 is 13.1. The molecule has 0 fully saturated rings. The number of para-hydroxylation sites is 1. The van der Waals surface area contributed by atoms with E-state index in [1.807, 2.05) is 0 Å². The third-order valence-corrected chi connectivity index (χ3v) is 1.59. The van der Waals surface area contributed by atoms with Gasteiger partial charge in [0.25, 0.3) is 0 Å². The summed E-state index contributed by atoms with van der Waals surface area (Å²) in [5.74, 6) is -1.35. The molecule has 0 aliphatic heterocycles. The van der Waals surface area contributed by atoms with Gasteiger partial charge in [-0.05, 0) is 19.2 Å². The fourth-order valence-electron chi connectivity index (χ4n) is 0.981. The lowest BCUT2D eigenvalue weighted by Crippen LogP contribution is -2.25. The smallest absolute Gasteiger partial charge is 0.238 e. The minimum absolute atomic E-state index is 0. The Morgan fingerprint density at radius 3 is 2.73 bits per heavy atom. The summed E-state index contributed by atoms with van der Waals surface area (Å²) in [5, 5.41) is 14.1. The molecule has 0 spiro atoms. The molecule has 6 heteroatoms. The number of nitrogens with one attached hydrogen (secondary N) is 2. The number of halogens is 2. The van der Waals surface area contributed by atoms with Crippen molar-refractivity contribution in [1.29, 1.82) is 0 Å². The van der Waals surface area contributed by atoms with Crippen LogP contribution in [0.25, 0.3) is 0 Å². The topological polar surface area (TPSA) is 61.4 Å². The largest absolute Gasteiger partial charge is 0.506 e. The number of phenolic OH excluding ortho intramolecular Hbond substituents is 1. The first kappa shape index (κ1) is 13.7. The zero-order valence-electron chi connectivity index (χ0n) is 8.08. The van der Waals surface area contributed by atoms with Crippen molar-refractivity contribution >= 4 is 24.0 Å². The van der Waals surface area contributed by atoms with Gasteiger partial charge in [-0.2, -0.15) is 0 Å². The standard InChI is InChI=1S/C9H11FN2O2.ClH/c1-11-5-8(14)12-9-6(10)3-2-4-7(9)13;/h2-4,11,13H,5H2,1H3,(H,12,14);1H. The minimum Gasteiger partial charge on any atom is -0.506 e. The first-order valence-electron chi connectivity index (χ1n) is 4.07. The average molecular weight is 235 g/mol. The number of likely N-dealkylation sites (N-methyl/N-ethyl adjacent to an activating group) is 1. The Kier molecular flexibility index (Phi) is 5.66. The van der Waals surface area contributed by atoms with Crippen LogP contribution >= 0.6 is 12.4 Å². The number of amides is 1. The van der Waals surface area contributed by atoms with Crippen molar-refractivity contribution in [3.8, 4) is 5.75 Å². The van der Waals surface area contributed by atoms with E-state index in [9.17, 15) is 14.3 Å². The van der Waals surface area contributed by atoms with E-state index in [-0.39, 0.29) is 30.4 Å². The van der Waals surface area contributed by atoms with E-state index in [1.54, 1.807) is 7.05 Å². The van der Waals surface area contributed by atoms with Crippen molar-refractivity contribution in [2.24, 2.45) is 0 Å². The van der Waals surface area contributed by atoms with Crippen LogP contribution in [0.15, 0.2) is 18.2 Å². The summed E-state index contributed by atoms with van der Waals surface area (Å²) in [7, 11) is 1.60. The number of phenols is 1. The first-order valence-corrected chi connectivity index (χ1v) is 4.07. The second-order valence-electron chi connectivity index (χ2n) is 2.71. The SMILES string of the molecule is CNCC(=O)Nc1c(O)cccc1F.Cl. The quantitative estimate of drug-likeness (QED) is 0.687. The van der Waals surface area contributed by atoms with Gasteiger partial charge in [0.05, 0.1) is 6.54 Å². The lowest BCUT2D eigenvalue weighted by atomic mass is 10.3. The number of carbonyl (C=O) groups excluding carboxylic acids is 1. The minimum atomic E-state index is -0.658. The van der Waals surface area contributed by atoms with Crippen molar-refractivity contribution in [1.82, 2.24) is 5.32 Å². The third kappa shape index (κ3) is 3.73. The van der Waals surface area contributed by atoms with Crippen LogP contribution in [-0.4, -0.2) is 24.6 Å². The van der Waals surface area contributed by atoms with E-state index in [2.05, 4.69) is 10.6 Å². The van der Waals surface area contributed by atoms with Gasteiger partial charge in [0.15, 0.2) is 5.82 Å². The van der Waals surface area contributed by atoms with E-state index < -0.39 is 11.7 Å². The molecule has 0 unspecified atom stereocenters. The second-order valence-corrected chi connectivity index (χ2v) is 2.71. The molecule has 0 saturated heterocycles. The van der Waals surface area contributed by atoms with Gasteiger partial charge in [-0.25, -0.2) is 4.39 Å². The van der Waals surface area contributed by atoms with Gasteiger partial charge in [0.1, 0.15) is 11.4 Å². The molecule has 0 bridgehead atoms. The molecular formula is C9H12ClFN2O2. The van der Waals surface area contributed by atoms with E-state index >= 15 is 0 Å². The van der Waals surface area contributed by atoms with Crippen LogP contribution in [0.3, 0.4) is 0 Å². The molecule has 1 aromatic carbocycles. The number of hydrogen-bond donors (Lipinski definition) is 3. The molecule has 0 saturated carbocycles. The molecule has 3 N–H and O–H groups in total. The Hall–Kier alpha value is -1.33. The summed E-state index contributed by atoms with van der Waals surface area (Å²) >= 11 is 0. The maximum absolute atomic E-state index is 13.1. The van der Waals surface area contributed by atoms with Crippen molar-refractivity contribution in [2.75, 3.05) is 18.9 Å². The van der Waals surface area contributed by atoms with E-state index in [4.69, 9.17) is 0 Å². The van der Waals surface area contributed by atoms with Gasteiger partial charge in [-0.3, -0.25) is 4.79 Å². The van der Waals surface area contributed by atoms with Gasteiger partial charge in [-0.15, -0.1) is 12.4 Å². The fraction of sp³-hybridized carbons (Fsp3) is 0.222. The molecule has 1 rings (SSSR count). The summed E-state index contributed by atoms with van der Waals surface area (Å²) in [5.41, 5.74) is -0.187. The van der Waals surface area contributed by atoms with Crippen LogP contribution in [0.2, 0.25) is 0 Å². The molecule has 0 aromatic heterocycles. The van der Waals surface area contributed by atoms with Crippen molar-refractivity contribution in [3.05, 3.63) is 24.0 Å². The highest BCUT2D eigenvalue weighted by Crippen LogP contribution is 2.25. The van der Waals surface area contributed by atoms with Crippen molar-refractivity contribution in [2.45, 2.75) is 0 Å². The zero-order valence-corrected chi connectivity index (χ0v) is 8.90. The lowest BCUT2D eigenvalue weighted by Gasteiger charge is -2.07. The van der Waals surface area contributed by atoms with Gasteiger partial charge < -0.3 is 15.7 Å². The number of hydrogen-bond acceptors (Lipinski definition) is 3. The number of benzene rings is 1. The summed E-state index contributed by atoms with van der Waals surface area (Å²) in [6, 6.07) is 3.82. The molecule has 0 heterocycles. The molecular weight excluding hydrogens is 223 g/mol. The van der Waals surface area contributed by atoms with Crippen LogP contribution in [0, 0.1) is 5.82 Å². The third-order valence-electron chi connectivity index (χ3n) is 1.59. The maximum Gasteiger partial charge on any atom is 0.238 e. The molecule has 1 amide bonds. The van der Waals surface area contributed by atoms with Crippen LogP contribution in [0.5, 0.6) is 5.75 Å². The molecule has 4 nitrogen and oxygen atoms in total. The molecule has 84 valence electrons. The molecule has 0 atom stereocenters. The highest BCUT2D eigenvalue weighted by molar-refractivity contribution is 5.93. The predicted octanol–water partition coefficient (Wildman–Crippen LogP) is 1.11. The molecule has 0 aliphatic rings. The first-order chi connectivity index (χ1) is 6.65. The van der Waals surface area contributed by atoms with E-state index in [0.717, 1.165) is 6.07 Å². The molecule has 15 heavy (non-hydrogen) atoms. The summed E-state index contributed by atoms with van der Waals surface area (Å²) in [6.07, 6.45) is 0. The number of aromatic hydroxyl groups is 1. The molecule has 0 radical (unpaired) electrons. The Morgan fingerprint density at radius 2 is 2.20 bits per heavy atom. The highest BCUT2D eigenvalue weighted by Gasteiger charge is 2.09. The maximum atomic E-state index is 13.1. The van der Waals surface area contributed by atoms with Gasteiger partial charge in [0, 0.05) is 0 Å². The highest BCUT2D eigenvalue weighted by atomic mass is 35.5. The number of rotatable bonds is 3. The van der Waals surface area contributed by atoms with Gasteiger partial charge >= 0.3 is 0 Å². The lowest BCUT2D eigenvalue weighted by molar-refractivity contribution is -0.115. The Morgan fingerprint density at radius 1 is 1.53 bits per heavy atom. The zero-order chi connectivity index (χ0) is 10.6.